The third-order valence-electron chi connectivity index (χ3n) is 5.77. The SMILES string of the molecule is CCCCCCCCCCCCCCCCCCOC(=O)[C@@H](N)[C@@H](C)CC.[NaH]. The standard InChI is InChI=1S/C24H49NO2.Na.H/c1-4-6-7-8-9-10-11-12-13-14-15-16-17-18-19-20-21-27-24(26)23(25)22(3)5-2;;/h22-23H,4-21,25H2,1-3H3;;/t22-,23-;;/m0../s1. The Morgan fingerprint density at radius 2 is 1.07 bits per heavy atom. The van der Waals surface area contributed by atoms with Crippen molar-refractivity contribution >= 4 is 35.5 Å². The van der Waals surface area contributed by atoms with E-state index in [1.165, 1.54) is 89.9 Å². The van der Waals surface area contributed by atoms with Gasteiger partial charge in [-0.05, 0) is 12.3 Å². The quantitative estimate of drug-likeness (QED) is 0.142. The van der Waals surface area contributed by atoms with Crippen molar-refractivity contribution in [1.29, 1.82) is 0 Å². The molecule has 0 aromatic rings. The Labute approximate surface area is 198 Å². The number of ether oxygens (including phenoxy) is 1. The summed E-state index contributed by atoms with van der Waals surface area (Å²) in [6.07, 6.45) is 22.6. The van der Waals surface area contributed by atoms with Crippen LogP contribution in [0.1, 0.15) is 130 Å². The third kappa shape index (κ3) is 19.7. The average molecular weight is 408 g/mol. The molecule has 0 fully saturated rings. The molecule has 0 heterocycles. The van der Waals surface area contributed by atoms with Crippen LogP contribution in [0.15, 0.2) is 0 Å². The molecule has 164 valence electrons. The topological polar surface area (TPSA) is 52.3 Å². The molecule has 0 rings (SSSR count). The fraction of sp³-hybridized carbons (Fsp3) is 0.958. The van der Waals surface area contributed by atoms with Crippen LogP contribution < -0.4 is 5.73 Å². The number of carbonyl (C=O) groups is 1. The molecule has 0 saturated heterocycles. The molecule has 0 aliphatic rings. The Balaban J connectivity index is 0. The van der Waals surface area contributed by atoms with Gasteiger partial charge in [0.1, 0.15) is 6.04 Å². The minimum absolute atomic E-state index is 0. The molecule has 2 N–H and O–H groups in total. The van der Waals surface area contributed by atoms with Crippen LogP contribution >= 0.6 is 0 Å². The predicted octanol–water partition coefficient (Wildman–Crippen LogP) is 6.52. The van der Waals surface area contributed by atoms with E-state index in [0.29, 0.717) is 6.61 Å². The van der Waals surface area contributed by atoms with Crippen molar-refractivity contribution in [2.75, 3.05) is 6.61 Å². The van der Waals surface area contributed by atoms with Crippen molar-refractivity contribution in [3.05, 3.63) is 0 Å². The van der Waals surface area contributed by atoms with Crippen LogP contribution in [0.4, 0.5) is 0 Å². The van der Waals surface area contributed by atoms with Crippen LogP contribution in [0.5, 0.6) is 0 Å². The predicted molar refractivity (Wildman–Crippen MR) is 125 cm³/mol. The molecular weight excluding hydrogens is 357 g/mol. The van der Waals surface area contributed by atoms with Crippen LogP contribution in [0.2, 0.25) is 0 Å². The second-order valence-electron chi connectivity index (χ2n) is 8.38. The zero-order chi connectivity index (χ0) is 20.2. The zero-order valence-electron chi connectivity index (χ0n) is 18.8. The summed E-state index contributed by atoms with van der Waals surface area (Å²) in [4.78, 5) is 11.8. The van der Waals surface area contributed by atoms with E-state index >= 15 is 0 Å². The van der Waals surface area contributed by atoms with Gasteiger partial charge in [-0.2, -0.15) is 0 Å². The van der Waals surface area contributed by atoms with Gasteiger partial charge in [0, 0.05) is 0 Å². The first kappa shape index (κ1) is 30.6. The number of unbranched alkanes of at least 4 members (excludes halogenated alkanes) is 15. The Hall–Kier alpha value is 0.430. The first-order valence-corrected chi connectivity index (χ1v) is 12.1. The summed E-state index contributed by atoms with van der Waals surface area (Å²) in [7, 11) is 0. The van der Waals surface area contributed by atoms with E-state index in [4.69, 9.17) is 10.5 Å². The molecule has 4 heteroatoms. The second kappa shape index (κ2) is 23.7. The fourth-order valence-electron chi connectivity index (χ4n) is 3.41. The first-order valence-electron chi connectivity index (χ1n) is 12.1. The van der Waals surface area contributed by atoms with Crippen LogP contribution in [-0.4, -0.2) is 48.2 Å². The summed E-state index contributed by atoms with van der Waals surface area (Å²) >= 11 is 0. The van der Waals surface area contributed by atoms with Crippen molar-refractivity contribution in [2.45, 2.75) is 136 Å². The summed E-state index contributed by atoms with van der Waals surface area (Å²) in [6.45, 7) is 6.86. The minimum atomic E-state index is -0.462. The average Bonchev–Trinajstić information content (AvgIpc) is 2.68. The Morgan fingerprint density at radius 1 is 0.714 bits per heavy atom. The third-order valence-corrected chi connectivity index (χ3v) is 5.77. The van der Waals surface area contributed by atoms with Gasteiger partial charge in [-0.1, -0.05) is 124 Å². The molecule has 3 nitrogen and oxygen atoms in total. The van der Waals surface area contributed by atoms with Crippen molar-refractivity contribution in [1.82, 2.24) is 0 Å². The van der Waals surface area contributed by atoms with Gasteiger partial charge in [0.05, 0.1) is 6.61 Å². The van der Waals surface area contributed by atoms with Crippen molar-refractivity contribution in [2.24, 2.45) is 11.7 Å². The monoisotopic (exact) mass is 407 g/mol. The molecule has 0 spiro atoms. The summed E-state index contributed by atoms with van der Waals surface area (Å²) in [6, 6.07) is -0.462. The van der Waals surface area contributed by atoms with E-state index < -0.39 is 6.04 Å². The van der Waals surface area contributed by atoms with Gasteiger partial charge in [0.2, 0.25) is 0 Å². The van der Waals surface area contributed by atoms with Crippen molar-refractivity contribution < 1.29 is 9.53 Å². The number of hydrogen-bond acceptors (Lipinski definition) is 3. The van der Waals surface area contributed by atoms with E-state index in [1.54, 1.807) is 0 Å². The number of carbonyl (C=O) groups excluding carboxylic acids is 1. The molecule has 28 heavy (non-hydrogen) atoms. The fourth-order valence-corrected chi connectivity index (χ4v) is 3.41. The maximum atomic E-state index is 11.8. The Morgan fingerprint density at radius 3 is 1.43 bits per heavy atom. The molecule has 0 aromatic heterocycles. The molecule has 0 aliphatic heterocycles. The van der Waals surface area contributed by atoms with E-state index in [2.05, 4.69) is 6.92 Å². The van der Waals surface area contributed by atoms with Crippen LogP contribution in [-0.2, 0) is 9.53 Å². The molecule has 0 saturated carbocycles. The molecule has 0 amide bonds. The van der Waals surface area contributed by atoms with Gasteiger partial charge in [-0.15, -0.1) is 0 Å². The molecule has 2 atom stereocenters. The van der Waals surface area contributed by atoms with Gasteiger partial charge >= 0.3 is 35.5 Å². The summed E-state index contributed by atoms with van der Waals surface area (Å²) in [5, 5.41) is 0. The molecule has 0 aromatic carbocycles. The van der Waals surface area contributed by atoms with Crippen molar-refractivity contribution in [3.63, 3.8) is 0 Å². The second-order valence-corrected chi connectivity index (χ2v) is 8.38. The Bertz CT molecular complexity index is 326. The molecule has 0 bridgehead atoms. The van der Waals surface area contributed by atoms with E-state index in [-0.39, 0.29) is 41.4 Å². The molecule has 0 aliphatic carbocycles. The van der Waals surface area contributed by atoms with Crippen LogP contribution in [0.25, 0.3) is 0 Å². The van der Waals surface area contributed by atoms with Gasteiger partial charge in [-0.25, -0.2) is 0 Å². The number of nitrogens with two attached hydrogens (primary N) is 1. The molecular formula is C24H50NNaO2. The number of esters is 1. The summed E-state index contributed by atoms with van der Waals surface area (Å²) in [5.74, 6) is -0.0337. The van der Waals surface area contributed by atoms with Gasteiger partial charge in [0.25, 0.3) is 0 Å². The van der Waals surface area contributed by atoms with Gasteiger partial charge < -0.3 is 10.5 Å². The summed E-state index contributed by atoms with van der Waals surface area (Å²) in [5.41, 5.74) is 5.87. The maximum absolute atomic E-state index is 11.8. The van der Waals surface area contributed by atoms with Gasteiger partial charge in [-0.3, -0.25) is 4.79 Å². The number of rotatable bonds is 20. The van der Waals surface area contributed by atoms with E-state index in [0.717, 1.165) is 19.3 Å². The zero-order valence-corrected chi connectivity index (χ0v) is 18.8. The molecule has 0 unspecified atom stereocenters. The first-order chi connectivity index (χ1) is 13.1. The normalized spacial score (nSPS) is 13.0. The number of hydrogen-bond donors (Lipinski definition) is 1. The van der Waals surface area contributed by atoms with Crippen molar-refractivity contribution in [3.8, 4) is 0 Å². The van der Waals surface area contributed by atoms with Gasteiger partial charge in [0.15, 0.2) is 0 Å². The van der Waals surface area contributed by atoms with Crippen LogP contribution in [0.3, 0.4) is 0 Å². The van der Waals surface area contributed by atoms with Crippen LogP contribution in [0, 0.1) is 5.92 Å². The summed E-state index contributed by atoms with van der Waals surface area (Å²) < 4.78 is 5.28. The van der Waals surface area contributed by atoms with E-state index in [9.17, 15) is 4.79 Å². The van der Waals surface area contributed by atoms with E-state index in [1.807, 2.05) is 13.8 Å². The molecule has 0 radical (unpaired) electrons. The Kier molecular flexibility index (Phi) is 25.9.